The minimum absolute atomic E-state index is 0.0185. The third-order valence-electron chi connectivity index (χ3n) is 6.96. The highest BCUT2D eigenvalue weighted by Crippen LogP contribution is 2.59. The summed E-state index contributed by atoms with van der Waals surface area (Å²) >= 11 is 0. The van der Waals surface area contributed by atoms with E-state index in [1.807, 2.05) is 12.3 Å². The largest absolute Gasteiger partial charge is 0.304 e. The number of hydrogen-bond donors (Lipinski definition) is 0. The van der Waals surface area contributed by atoms with E-state index in [-0.39, 0.29) is 11.0 Å². The van der Waals surface area contributed by atoms with Crippen LogP contribution in [0.4, 0.5) is 0 Å². The summed E-state index contributed by atoms with van der Waals surface area (Å²) in [6.45, 7) is 9.04. The highest BCUT2D eigenvalue weighted by molar-refractivity contribution is 5.95. The van der Waals surface area contributed by atoms with Crippen LogP contribution in [0.5, 0.6) is 0 Å². The van der Waals surface area contributed by atoms with Crippen LogP contribution < -0.4 is 5.56 Å². The Morgan fingerprint density at radius 2 is 2.12 bits per heavy atom. The minimum Gasteiger partial charge on any atom is -0.304 e. The monoisotopic (exact) mass is 347 g/mol. The smallest absolute Gasteiger partial charge is 0.277 e. The predicted octanol–water partition coefficient (Wildman–Crippen LogP) is 4.23. The summed E-state index contributed by atoms with van der Waals surface area (Å²) in [7, 11) is 0. The third kappa shape index (κ3) is 1.88. The average Bonchev–Trinajstić information content (AvgIpc) is 3.01. The Morgan fingerprint density at radius 1 is 1.31 bits per heavy atom. The van der Waals surface area contributed by atoms with Crippen molar-refractivity contribution in [3.05, 3.63) is 51.8 Å². The lowest BCUT2D eigenvalue weighted by Gasteiger charge is -2.28. The highest BCUT2D eigenvalue weighted by atomic mass is 16.1. The Labute approximate surface area is 153 Å². The van der Waals surface area contributed by atoms with Crippen molar-refractivity contribution in [2.24, 2.45) is 11.8 Å². The first-order chi connectivity index (χ1) is 12.4. The Kier molecular flexibility index (Phi) is 3.17. The number of nitrogens with zero attached hydrogens (tertiary/aromatic N) is 3. The molecular formula is C22H25N3O. The third-order valence-corrected chi connectivity index (χ3v) is 6.96. The predicted molar refractivity (Wildman–Crippen MR) is 104 cm³/mol. The molecule has 2 aliphatic rings. The van der Waals surface area contributed by atoms with E-state index in [1.54, 1.807) is 0 Å². The zero-order valence-electron chi connectivity index (χ0n) is 15.9. The maximum atomic E-state index is 13.0. The summed E-state index contributed by atoms with van der Waals surface area (Å²) < 4.78 is 2.20. The van der Waals surface area contributed by atoms with Gasteiger partial charge in [-0.05, 0) is 49.1 Å². The van der Waals surface area contributed by atoms with Crippen LogP contribution in [0.1, 0.15) is 63.4 Å². The number of pyridine rings is 2. The fourth-order valence-electron chi connectivity index (χ4n) is 5.50. The van der Waals surface area contributed by atoms with Crippen molar-refractivity contribution in [2.75, 3.05) is 0 Å². The Balaban J connectivity index is 1.88. The number of fused-ring (bicyclic) bond motifs is 9. The molecule has 3 unspecified atom stereocenters. The van der Waals surface area contributed by atoms with Gasteiger partial charge in [-0.15, -0.1) is 0 Å². The van der Waals surface area contributed by atoms with Crippen LogP contribution in [0.2, 0.25) is 0 Å². The van der Waals surface area contributed by atoms with Crippen LogP contribution in [0.15, 0.2) is 29.3 Å². The standard InChI is InChI=1S/C22H25N3O/c1-12(2)11-17-15-7-10-25-19-18(14-5-8-22(19,4)13(14)3)21(26)24-20(25)16(15)6-9-23-17/h6-7,9-10,12-14H,5,8,11H2,1-4H3. The molecule has 3 heterocycles. The van der Waals surface area contributed by atoms with Crippen molar-refractivity contribution in [3.8, 4) is 0 Å². The lowest BCUT2D eigenvalue weighted by molar-refractivity contribution is 0.375. The summed E-state index contributed by atoms with van der Waals surface area (Å²) in [6.07, 6.45) is 7.18. The van der Waals surface area contributed by atoms with E-state index in [4.69, 9.17) is 0 Å². The SMILES string of the molecule is CC(C)Cc1nccc2c1ccn1c3c(c(=O)nc21)C1CCC3(C)C1C. The van der Waals surface area contributed by atoms with Gasteiger partial charge in [-0.2, -0.15) is 4.98 Å². The molecule has 1 saturated carbocycles. The molecule has 0 amide bonds. The summed E-state index contributed by atoms with van der Waals surface area (Å²) in [5.41, 5.74) is 4.12. The number of rotatable bonds is 2. The normalized spacial score (nSPS) is 27.0. The maximum absolute atomic E-state index is 13.0. The first-order valence-electron chi connectivity index (χ1n) is 9.75. The van der Waals surface area contributed by atoms with Gasteiger partial charge in [0.25, 0.3) is 5.56 Å². The first-order valence-corrected chi connectivity index (χ1v) is 9.75. The van der Waals surface area contributed by atoms with Crippen molar-refractivity contribution in [2.45, 2.75) is 58.3 Å². The van der Waals surface area contributed by atoms with Crippen molar-refractivity contribution in [1.82, 2.24) is 14.4 Å². The Hall–Kier alpha value is -2.23. The fraction of sp³-hybridized carbons (Fsp3) is 0.500. The molecule has 1 fully saturated rings. The molecule has 0 radical (unpaired) electrons. The van der Waals surface area contributed by atoms with Gasteiger partial charge >= 0.3 is 0 Å². The minimum atomic E-state index is -0.0185. The molecule has 5 rings (SSSR count). The van der Waals surface area contributed by atoms with Crippen LogP contribution >= 0.6 is 0 Å². The molecule has 0 aliphatic heterocycles. The maximum Gasteiger partial charge on any atom is 0.277 e. The van der Waals surface area contributed by atoms with Crippen LogP contribution in [-0.4, -0.2) is 14.4 Å². The second-order valence-corrected chi connectivity index (χ2v) is 8.86. The summed E-state index contributed by atoms with van der Waals surface area (Å²) in [5, 5.41) is 2.16. The highest BCUT2D eigenvalue weighted by Gasteiger charge is 2.54. The molecule has 4 heteroatoms. The zero-order valence-corrected chi connectivity index (χ0v) is 15.9. The zero-order chi connectivity index (χ0) is 18.2. The van der Waals surface area contributed by atoms with Crippen LogP contribution in [0.25, 0.3) is 16.4 Å². The van der Waals surface area contributed by atoms with Gasteiger partial charge in [0, 0.05) is 45.5 Å². The van der Waals surface area contributed by atoms with Crippen LogP contribution in [-0.2, 0) is 11.8 Å². The van der Waals surface area contributed by atoms with Gasteiger partial charge in [-0.1, -0.05) is 27.7 Å². The molecule has 2 aliphatic carbocycles. The molecule has 26 heavy (non-hydrogen) atoms. The molecule has 0 aromatic carbocycles. The lowest BCUT2D eigenvalue weighted by Crippen LogP contribution is -2.28. The van der Waals surface area contributed by atoms with Gasteiger partial charge in [0.1, 0.15) is 5.65 Å². The van der Waals surface area contributed by atoms with Gasteiger partial charge < -0.3 is 4.40 Å². The molecule has 2 bridgehead atoms. The number of hydrogen-bond acceptors (Lipinski definition) is 3. The van der Waals surface area contributed by atoms with Crippen molar-refractivity contribution < 1.29 is 0 Å². The lowest BCUT2D eigenvalue weighted by atomic mass is 9.81. The van der Waals surface area contributed by atoms with Gasteiger partial charge in [0.05, 0.1) is 0 Å². The van der Waals surface area contributed by atoms with Gasteiger partial charge in [0.15, 0.2) is 0 Å². The first kappa shape index (κ1) is 16.0. The van der Waals surface area contributed by atoms with Crippen LogP contribution in [0, 0.1) is 11.8 Å². The summed E-state index contributed by atoms with van der Waals surface area (Å²) in [4.78, 5) is 22.1. The average molecular weight is 347 g/mol. The molecule has 3 atom stereocenters. The molecule has 4 nitrogen and oxygen atoms in total. The molecule has 3 aromatic heterocycles. The van der Waals surface area contributed by atoms with Gasteiger partial charge in [0.2, 0.25) is 0 Å². The van der Waals surface area contributed by atoms with E-state index in [2.05, 4.69) is 54.3 Å². The topological polar surface area (TPSA) is 47.3 Å². The fourth-order valence-corrected chi connectivity index (χ4v) is 5.50. The van der Waals surface area contributed by atoms with Crippen molar-refractivity contribution in [3.63, 3.8) is 0 Å². The Bertz CT molecular complexity index is 1110. The summed E-state index contributed by atoms with van der Waals surface area (Å²) in [5.74, 6) is 1.42. The van der Waals surface area contributed by atoms with E-state index < -0.39 is 0 Å². The van der Waals surface area contributed by atoms with Crippen molar-refractivity contribution >= 4 is 16.4 Å². The molecule has 3 aromatic rings. The quantitative estimate of drug-likeness (QED) is 0.652. The van der Waals surface area contributed by atoms with Crippen molar-refractivity contribution in [1.29, 1.82) is 0 Å². The second kappa shape index (κ2) is 5.15. The number of aromatic nitrogens is 3. The van der Waals surface area contributed by atoms with E-state index >= 15 is 0 Å². The van der Waals surface area contributed by atoms with Gasteiger partial charge in [-0.3, -0.25) is 9.78 Å². The molecule has 0 spiro atoms. The molecule has 134 valence electrons. The van der Waals surface area contributed by atoms with Gasteiger partial charge in [-0.25, -0.2) is 0 Å². The van der Waals surface area contributed by atoms with Crippen LogP contribution in [0.3, 0.4) is 0 Å². The van der Waals surface area contributed by atoms with E-state index in [1.165, 1.54) is 5.69 Å². The molecular weight excluding hydrogens is 322 g/mol. The molecule has 0 saturated heterocycles. The molecule has 0 N–H and O–H groups in total. The van der Waals surface area contributed by atoms with E-state index in [9.17, 15) is 4.79 Å². The van der Waals surface area contributed by atoms with E-state index in [0.717, 1.165) is 46.9 Å². The second-order valence-electron chi connectivity index (χ2n) is 8.86. The Morgan fingerprint density at radius 3 is 2.88 bits per heavy atom. The van der Waals surface area contributed by atoms with E-state index in [0.29, 0.717) is 17.8 Å². The summed E-state index contributed by atoms with van der Waals surface area (Å²) in [6, 6.07) is 4.17.